The molecular formula is C18H20N2O2S2. The molecule has 0 saturated carbocycles. The molecule has 2 amide bonds. The molecule has 1 aromatic carbocycles. The third-order valence-electron chi connectivity index (χ3n) is 3.42. The number of thiophene rings is 1. The van der Waals surface area contributed by atoms with E-state index in [1.54, 1.807) is 36.2 Å². The predicted molar refractivity (Wildman–Crippen MR) is 103 cm³/mol. The van der Waals surface area contributed by atoms with E-state index in [1.165, 1.54) is 11.0 Å². The van der Waals surface area contributed by atoms with Crippen molar-refractivity contribution in [2.75, 3.05) is 25.2 Å². The maximum atomic E-state index is 12.1. The topological polar surface area (TPSA) is 49.4 Å². The lowest BCUT2D eigenvalue weighted by Crippen LogP contribution is -2.33. The molecule has 6 heteroatoms. The molecule has 0 bridgehead atoms. The van der Waals surface area contributed by atoms with Gasteiger partial charge in [0.25, 0.3) is 0 Å². The Bertz CT molecular complexity index is 753. The Hall–Kier alpha value is -2.05. The van der Waals surface area contributed by atoms with Crippen LogP contribution in [0.15, 0.2) is 46.7 Å². The van der Waals surface area contributed by atoms with Crippen molar-refractivity contribution in [1.82, 2.24) is 4.90 Å². The fraction of sp³-hybridized carbons (Fsp3) is 0.222. The smallest absolute Gasteiger partial charge is 0.246 e. The minimum Gasteiger partial charge on any atom is -0.333 e. The first-order valence-corrected chi connectivity index (χ1v) is 9.52. The number of para-hydroxylation sites is 1. The largest absolute Gasteiger partial charge is 0.333 e. The standard InChI is InChI=1S/C18H20N2O2S2/c1-13-10-11-24-15(13)8-9-18(22)20(2)12-17(21)19-14-6-4-5-7-16(14)23-3/h4-11H,12H2,1-3H3,(H,19,21)/b9-8+. The van der Waals surface area contributed by atoms with E-state index >= 15 is 0 Å². The average Bonchev–Trinajstić information content (AvgIpc) is 2.98. The number of carbonyl (C=O) groups excluding carboxylic acids is 2. The number of hydrogen-bond donors (Lipinski definition) is 1. The minimum atomic E-state index is -0.215. The second-order valence-electron chi connectivity index (χ2n) is 5.24. The van der Waals surface area contributed by atoms with Crippen molar-refractivity contribution >= 4 is 46.7 Å². The summed E-state index contributed by atoms with van der Waals surface area (Å²) in [7, 11) is 1.62. The van der Waals surface area contributed by atoms with Gasteiger partial charge in [0.05, 0.1) is 12.2 Å². The average molecular weight is 361 g/mol. The fourth-order valence-corrected chi connectivity index (χ4v) is 3.43. The molecule has 126 valence electrons. The molecule has 0 fully saturated rings. The van der Waals surface area contributed by atoms with E-state index in [0.29, 0.717) is 0 Å². The summed E-state index contributed by atoms with van der Waals surface area (Å²) in [6.45, 7) is 2.01. The Kier molecular flexibility index (Phi) is 6.63. The number of aryl methyl sites for hydroxylation is 1. The fourth-order valence-electron chi connectivity index (χ4n) is 2.06. The molecule has 1 N–H and O–H groups in total. The Morgan fingerprint density at radius 2 is 2.04 bits per heavy atom. The molecule has 0 spiro atoms. The van der Waals surface area contributed by atoms with E-state index in [0.717, 1.165) is 21.0 Å². The van der Waals surface area contributed by atoms with E-state index < -0.39 is 0 Å². The lowest BCUT2D eigenvalue weighted by atomic mass is 10.2. The monoisotopic (exact) mass is 360 g/mol. The van der Waals surface area contributed by atoms with E-state index in [-0.39, 0.29) is 18.4 Å². The number of nitrogens with one attached hydrogen (secondary N) is 1. The van der Waals surface area contributed by atoms with Crippen molar-refractivity contribution < 1.29 is 9.59 Å². The van der Waals surface area contributed by atoms with Gasteiger partial charge < -0.3 is 10.2 Å². The summed E-state index contributed by atoms with van der Waals surface area (Å²) < 4.78 is 0. The van der Waals surface area contributed by atoms with Gasteiger partial charge in [-0.2, -0.15) is 0 Å². The Morgan fingerprint density at radius 1 is 1.29 bits per heavy atom. The van der Waals surface area contributed by atoms with Gasteiger partial charge in [0.15, 0.2) is 0 Å². The lowest BCUT2D eigenvalue weighted by Gasteiger charge is -2.15. The van der Waals surface area contributed by atoms with Crippen molar-refractivity contribution in [3.8, 4) is 0 Å². The van der Waals surface area contributed by atoms with Gasteiger partial charge in [-0.1, -0.05) is 12.1 Å². The number of amides is 2. The lowest BCUT2D eigenvalue weighted by molar-refractivity contribution is -0.129. The highest BCUT2D eigenvalue weighted by atomic mass is 32.2. The molecule has 0 radical (unpaired) electrons. The van der Waals surface area contributed by atoms with Crippen molar-refractivity contribution in [3.63, 3.8) is 0 Å². The Balaban J connectivity index is 1.92. The zero-order chi connectivity index (χ0) is 17.5. The van der Waals surface area contributed by atoms with Gasteiger partial charge in [-0.3, -0.25) is 9.59 Å². The van der Waals surface area contributed by atoms with Crippen LogP contribution in [0, 0.1) is 6.92 Å². The van der Waals surface area contributed by atoms with Crippen molar-refractivity contribution in [2.45, 2.75) is 11.8 Å². The molecular weight excluding hydrogens is 340 g/mol. The number of likely N-dealkylation sites (N-methyl/N-ethyl adjacent to an activating group) is 1. The third-order valence-corrected chi connectivity index (χ3v) is 5.20. The van der Waals surface area contributed by atoms with E-state index in [4.69, 9.17) is 0 Å². The van der Waals surface area contributed by atoms with Gasteiger partial charge in [-0.25, -0.2) is 0 Å². The Morgan fingerprint density at radius 3 is 2.71 bits per heavy atom. The molecule has 0 atom stereocenters. The summed E-state index contributed by atoms with van der Waals surface area (Å²) in [6.07, 6.45) is 5.25. The first-order chi connectivity index (χ1) is 11.5. The summed E-state index contributed by atoms with van der Waals surface area (Å²) >= 11 is 3.15. The van der Waals surface area contributed by atoms with Crippen LogP contribution < -0.4 is 5.32 Å². The molecule has 2 aromatic rings. The zero-order valence-electron chi connectivity index (χ0n) is 13.9. The molecule has 1 heterocycles. The second kappa shape index (κ2) is 8.70. The number of thioether (sulfide) groups is 1. The van der Waals surface area contributed by atoms with Gasteiger partial charge in [0.2, 0.25) is 11.8 Å². The summed E-state index contributed by atoms with van der Waals surface area (Å²) in [4.78, 5) is 27.7. The SMILES string of the molecule is CSc1ccccc1NC(=O)CN(C)C(=O)/C=C/c1sccc1C. The maximum Gasteiger partial charge on any atom is 0.246 e. The first kappa shape index (κ1) is 18.3. The highest BCUT2D eigenvalue weighted by Crippen LogP contribution is 2.24. The van der Waals surface area contributed by atoms with Crippen LogP contribution in [-0.2, 0) is 9.59 Å². The summed E-state index contributed by atoms with van der Waals surface area (Å²) in [5.41, 5.74) is 1.90. The normalized spacial score (nSPS) is 10.8. The van der Waals surface area contributed by atoms with E-state index in [1.807, 2.05) is 48.9 Å². The molecule has 2 rings (SSSR count). The van der Waals surface area contributed by atoms with Crippen LogP contribution in [0.3, 0.4) is 0 Å². The van der Waals surface area contributed by atoms with Gasteiger partial charge in [-0.05, 0) is 48.4 Å². The maximum absolute atomic E-state index is 12.1. The third kappa shape index (κ3) is 4.97. The van der Waals surface area contributed by atoms with Crippen LogP contribution in [0.1, 0.15) is 10.4 Å². The van der Waals surface area contributed by atoms with Crippen molar-refractivity contribution in [2.24, 2.45) is 0 Å². The van der Waals surface area contributed by atoms with Crippen LogP contribution >= 0.6 is 23.1 Å². The zero-order valence-corrected chi connectivity index (χ0v) is 15.5. The summed E-state index contributed by atoms with van der Waals surface area (Å²) in [5, 5.41) is 4.84. The van der Waals surface area contributed by atoms with Crippen LogP contribution in [0.4, 0.5) is 5.69 Å². The number of benzene rings is 1. The predicted octanol–water partition coefficient (Wildman–Crippen LogP) is 3.89. The van der Waals surface area contributed by atoms with E-state index in [2.05, 4.69) is 5.32 Å². The highest BCUT2D eigenvalue weighted by molar-refractivity contribution is 7.98. The molecule has 24 heavy (non-hydrogen) atoms. The quantitative estimate of drug-likeness (QED) is 0.628. The summed E-state index contributed by atoms with van der Waals surface area (Å²) in [5.74, 6) is -0.413. The number of nitrogens with zero attached hydrogens (tertiary/aromatic N) is 1. The highest BCUT2D eigenvalue weighted by Gasteiger charge is 2.12. The molecule has 0 aliphatic carbocycles. The van der Waals surface area contributed by atoms with Gasteiger partial charge in [0.1, 0.15) is 0 Å². The van der Waals surface area contributed by atoms with Crippen LogP contribution in [0.5, 0.6) is 0 Å². The minimum absolute atomic E-state index is 0.00924. The van der Waals surface area contributed by atoms with Gasteiger partial charge >= 0.3 is 0 Å². The number of anilines is 1. The molecule has 4 nitrogen and oxygen atoms in total. The van der Waals surface area contributed by atoms with Crippen LogP contribution in [-0.4, -0.2) is 36.6 Å². The van der Waals surface area contributed by atoms with E-state index in [9.17, 15) is 9.59 Å². The molecule has 0 aliphatic heterocycles. The second-order valence-corrected chi connectivity index (χ2v) is 7.04. The van der Waals surface area contributed by atoms with Crippen LogP contribution in [0.25, 0.3) is 6.08 Å². The molecule has 0 unspecified atom stereocenters. The number of carbonyl (C=O) groups is 2. The summed E-state index contributed by atoms with van der Waals surface area (Å²) in [6, 6.07) is 9.60. The molecule has 1 aromatic heterocycles. The number of hydrogen-bond acceptors (Lipinski definition) is 4. The van der Waals surface area contributed by atoms with Crippen molar-refractivity contribution in [1.29, 1.82) is 0 Å². The number of rotatable bonds is 6. The van der Waals surface area contributed by atoms with Gasteiger partial charge in [0, 0.05) is 22.9 Å². The van der Waals surface area contributed by atoms with Crippen molar-refractivity contribution in [3.05, 3.63) is 52.2 Å². The molecule has 0 aliphatic rings. The van der Waals surface area contributed by atoms with Crippen LogP contribution in [0.2, 0.25) is 0 Å². The Labute approximate surface area is 150 Å². The molecule has 0 saturated heterocycles. The first-order valence-electron chi connectivity index (χ1n) is 7.41. The van der Waals surface area contributed by atoms with Gasteiger partial charge in [-0.15, -0.1) is 23.1 Å².